The van der Waals surface area contributed by atoms with Crippen molar-refractivity contribution in [3.63, 3.8) is 0 Å². The predicted molar refractivity (Wildman–Crippen MR) is 76.4 cm³/mol. The van der Waals surface area contributed by atoms with Gasteiger partial charge in [0.25, 0.3) is 11.4 Å². The molecule has 0 radical (unpaired) electrons. The van der Waals surface area contributed by atoms with E-state index >= 15 is 0 Å². The van der Waals surface area contributed by atoms with Gasteiger partial charge in [0, 0.05) is 11.8 Å². The molecule has 0 atom stereocenters. The Bertz CT molecular complexity index is 725. The Morgan fingerprint density at radius 1 is 1.05 bits per heavy atom. The first kappa shape index (κ1) is 14.9. The van der Waals surface area contributed by atoms with Crippen molar-refractivity contribution in [3.8, 4) is 0 Å². The Labute approximate surface area is 123 Å². The Morgan fingerprint density at radius 3 is 2.18 bits per heavy atom. The van der Waals surface area contributed by atoms with Crippen molar-refractivity contribution in [2.45, 2.75) is 0 Å². The monoisotopic (exact) mass is 303 g/mol. The average Bonchev–Trinajstić information content (AvgIpc) is 2.47. The van der Waals surface area contributed by atoms with E-state index in [2.05, 4.69) is 5.32 Å². The molecule has 0 saturated heterocycles. The Kier molecular flexibility index (Phi) is 3.98. The van der Waals surface area contributed by atoms with E-state index in [1.807, 2.05) is 0 Å². The van der Waals surface area contributed by atoms with E-state index in [9.17, 15) is 30.1 Å². The van der Waals surface area contributed by atoms with Gasteiger partial charge in [-0.25, -0.2) is 4.79 Å². The number of carboxylic acid groups (broad SMARTS) is 1. The molecule has 0 amide bonds. The second-order valence-corrected chi connectivity index (χ2v) is 4.20. The van der Waals surface area contributed by atoms with Gasteiger partial charge in [0.1, 0.15) is 5.69 Å². The first-order valence-electron chi connectivity index (χ1n) is 5.92. The predicted octanol–water partition coefficient (Wildman–Crippen LogP) is 2.94. The molecule has 2 N–H and O–H groups in total. The van der Waals surface area contributed by atoms with E-state index in [0.29, 0.717) is 5.69 Å². The summed E-state index contributed by atoms with van der Waals surface area (Å²) in [5, 5.41) is 33.7. The number of para-hydroxylation sites is 1. The lowest BCUT2D eigenvalue weighted by Gasteiger charge is -2.10. The molecule has 0 bridgehead atoms. The van der Waals surface area contributed by atoms with Gasteiger partial charge >= 0.3 is 5.97 Å². The summed E-state index contributed by atoms with van der Waals surface area (Å²) >= 11 is 0. The molecular formula is C13H9N3O6. The van der Waals surface area contributed by atoms with Crippen molar-refractivity contribution >= 4 is 28.7 Å². The Balaban J connectivity index is 2.66. The number of hydrogen-bond donors (Lipinski definition) is 2. The van der Waals surface area contributed by atoms with E-state index in [1.54, 1.807) is 30.3 Å². The highest BCUT2D eigenvalue weighted by molar-refractivity contribution is 5.99. The molecule has 9 nitrogen and oxygen atoms in total. The quantitative estimate of drug-likeness (QED) is 0.640. The highest BCUT2D eigenvalue weighted by Crippen LogP contribution is 2.35. The zero-order valence-electron chi connectivity index (χ0n) is 10.9. The van der Waals surface area contributed by atoms with Crippen LogP contribution in [0.3, 0.4) is 0 Å². The van der Waals surface area contributed by atoms with Crippen molar-refractivity contribution in [2.24, 2.45) is 0 Å². The van der Waals surface area contributed by atoms with Crippen LogP contribution in [0, 0.1) is 20.2 Å². The Hall–Kier alpha value is -3.49. The first-order valence-corrected chi connectivity index (χ1v) is 5.92. The maximum atomic E-state index is 11.3. The second-order valence-electron chi connectivity index (χ2n) is 4.20. The number of rotatable bonds is 5. The van der Waals surface area contributed by atoms with Crippen LogP contribution >= 0.6 is 0 Å². The van der Waals surface area contributed by atoms with Crippen molar-refractivity contribution in [3.05, 3.63) is 68.3 Å². The van der Waals surface area contributed by atoms with Crippen LogP contribution in [0.5, 0.6) is 0 Å². The van der Waals surface area contributed by atoms with E-state index in [4.69, 9.17) is 0 Å². The van der Waals surface area contributed by atoms with Crippen LogP contribution in [0.1, 0.15) is 10.4 Å². The molecule has 0 aromatic heterocycles. The summed E-state index contributed by atoms with van der Waals surface area (Å²) in [5.74, 6) is -1.51. The van der Waals surface area contributed by atoms with Gasteiger partial charge in [-0.3, -0.25) is 20.2 Å². The molecule has 0 aliphatic carbocycles. The van der Waals surface area contributed by atoms with Crippen LogP contribution in [-0.4, -0.2) is 20.9 Å². The summed E-state index contributed by atoms with van der Waals surface area (Å²) in [6, 6.07) is 9.68. The zero-order valence-corrected chi connectivity index (χ0v) is 10.9. The molecule has 22 heavy (non-hydrogen) atoms. The SMILES string of the molecule is O=C(O)c1cc([N+](=O)[O-])cc([N+](=O)[O-])c1Nc1ccccc1. The van der Waals surface area contributed by atoms with Gasteiger partial charge in [0.05, 0.1) is 21.5 Å². The molecule has 2 aromatic rings. The number of aromatic carboxylic acids is 1. The van der Waals surface area contributed by atoms with Gasteiger partial charge in [-0.2, -0.15) is 0 Å². The topological polar surface area (TPSA) is 136 Å². The minimum absolute atomic E-state index is 0.311. The molecule has 112 valence electrons. The molecule has 0 aliphatic heterocycles. The summed E-state index contributed by atoms with van der Waals surface area (Å²) in [4.78, 5) is 31.4. The molecule has 0 aliphatic rings. The molecule has 9 heteroatoms. The van der Waals surface area contributed by atoms with Crippen LogP contribution in [0.15, 0.2) is 42.5 Å². The molecule has 0 unspecified atom stereocenters. The highest BCUT2D eigenvalue weighted by Gasteiger charge is 2.27. The smallest absolute Gasteiger partial charge is 0.338 e. The number of nitro benzene ring substituents is 2. The number of nitro groups is 2. The third kappa shape index (κ3) is 2.98. The zero-order chi connectivity index (χ0) is 16.3. The van der Waals surface area contributed by atoms with Crippen LogP contribution in [-0.2, 0) is 0 Å². The van der Waals surface area contributed by atoms with Crippen molar-refractivity contribution in [1.29, 1.82) is 0 Å². The largest absolute Gasteiger partial charge is 0.478 e. The van der Waals surface area contributed by atoms with E-state index in [0.717, 1.165) is 12.1 Å². The van der Waals surface area contributed by atoms with E-state index in [-0.39, 0.29) is 5.69 Å². The third-order valence-corrected chi connectivity index (χ3v) is 2.78. The fraction of sp³-hybridized carbons (Fsp3) is 0. The van der Waals surface area contributed by atoms with Gasteiger partial charge in [-0.05, 0) is 12.1 Å². The number of non-ortho nitro benzene ring substituents is 1. The average molecular weight is 303 g/mol. The van der Waals surface area contributed by atoms with Gasteiger partial charge in [0.15, 0.2) is 0 Å². The third-order valence-electron chi connectivity index (χ3n) is 2.78. The lowest BCUT2D eigenvalue weighted by Crippen LogP contribution is -2.07. The van der Waals surface area contributed by atoms with Crippen LogP contribution in [0.2, 0.25) is 0 Å². The normalized spacial score (nSPS) is 10.0. The minimum Gasteiger partial charge on any atom is -0.478 e. The fourth-order valence-electron chi connectivity index (χ4n) is 1.83. The molecule has 0 heterocycles. The molecule has 2 rings (SSSR count). The van der Waals surface area contributed by atoms with Gasteiger partial charge < -0.3 is 10.4 Å². The van der Waals surface area contributed by atoms with Crippen molar-refractivity contribution in [2.75, 3.05) is 5.32 Å². The highest BCUT2D eigenvalue weighted by atomic mass is 16.6. The van der Waals surface area contributed by atoms with Crippen molar-refractivity contribution in [1.82, 2.24) is 0 Å². The lowest BCUT2D eigenvalue weighted by atomic mass is 10.1. The maximum Gasteiger partial charge on any atom is 0.338 e. The minimum atomic E-state index is -1.51. The molecule has 0 saturated carbocycles. The van der Waals surface area contributed by atoms with Gasteiger partial charge in [-0.15, -0.1) is 0 Å². The van der Waals surface area contributed by atoms with Crippen LogP contribution < -0.4 is 5.32 Å². The van der Waals surface area contributed by atoms with Gasteiger partial charge in [0.2, 0.25) is 0 Å². The summed E-state index contributed by atoms with van der Waals surface area (Å²) in [6.45, 7) is 0. The summed E-state index contributed by atoms with van der Waals surface area (Å²) in [5.41, 5.74) is -1.79. The standard InChI is InChI=1S/C13H9N3O6/c17-13(18)10-6-9(15(19)20)7-11(16(21)22)12(10)14-8-4-2-1-3-5-8/h1-7,14H,(H,17,18). The number of anilines is 2. The Morgan fingerprint density at radius 2 is 1.68 bits per heavy atom. The summed E-state index contributed by atoms with van der Waals surface area (Å²) in [7, 11) is 0. The maximum absolute atomic E-state index is 11.3. The number of nitrogens with zero attached hydrogens (tertiary/aromatic N) is 2. The number of benzene rings is 2. The first-order chi connectivity index (χ1) is 10.4. The summed E-state index contributed by atoms with van der Waals surface area (Å²) < 4.78 is 0. The lowest BCUT2D eigenvalue weighted by molar-refractivity contribution is -0.393. The van der Waals surface area contributed by atoms with E-state index in [1.165, 1.54) is 0 Å². The number of carbonyl (C=O) groups is 1. The number of hydrogen-bond acceptors (Lipinski definition) is 6. The van der Waals surface area contributed by atoms with Crippen molar-refractivity contribution < 1.29 is 19.7 Å². The number of nitrogens with one attached hydrogen (secondary N) is 1. The fourth-order valence-corrected chi connectivity index (χ4v) is 1.83. The molecule has 0 spiro atoms. The number of carboxylic acids is 1. The summed E-state index contributed by atoms with van der Waals surface area (Å²) in [6.07, 6.45) is 0. The molecule has 0 fully saturated rings. The molecular weight excluding hydrogens is 294 g/mol. The second kappa shape index (κ2) is 5.87. The van der Waals surface area contributed by atoms with Crippen LogP contribution in [0.4, 0.5) is 22.7 Å². The van der Waals surface area contributed by atoms with E-state index < -0.39 is 32.8 Å². The van der Waals surface area contributed by atoms with Crippen LogP contribution in [0.25, 0.3) is 0 Å². The molecule has 2 aromatic carbocycles. The van der Waals surface area contributed by atoms with Gasteiger partial charge in [-0.1, -0.05) is 18.2 Å².